The van der Waals surface area contributed by atoms with E-state index in [1.165, 1.54) is 41.7 Å². The van der Waals surface area contributed by atoms with Crippen LogP contribution in [-0.4, -0.2) is 35.6 Å². The van der Waals surface area contributed by atoms with E-state index in [0.717, 1.165) is 31.5 Å². The Labute approximate surface area is 181 Å². The van der Waals surface area contributed by atoms with E-state index in [2.05, 4.69) is 51.1 Å². The minimum absolute atomic E-state index is 0.177. The summed E-state index contributed by atoms with van der Waals surface area (Å²) in [6, 6.07) is 12.7. The first kappa shape index (κ1) is 19.5. The molecule has 1 fully saturated rings. The maximum absolute atomic E-state index is 12.8. The smallest absolute Gasteiger partial charge is 0.273 e. The van der Waals surface area contributed by atoms with E-state index >= 15 is 0 Å². The van der Waals surface area contributed by atoms with E-state index in [-0.39, 0.29) is 11.9 Å². The van der Waals surface area contributed by atoms with Crippen molar-refractivity contribution in [3.8, 4) is 11.3 Å². The Bertz CT molecular complexity index is 1010. The zero-order valence-electron chi connectivity index (χ0n) is 17.1. The van der Waals surface area contributed by atoms with Crippen LogP contribution in [0.2, 0.25) is 0 Å². The molecule has 0 spiro atoms. The molecule has 3 aromatic rings. The molecule has 3 heterocycles. The van der Waals surface area contributed by atoms with Gasteiger partial charge in [-0.05, 0) is 80.3 Å². The van der Waals surface area contributed by atoms with Crippen molar-refractivity contribution in [1.82, 2.24) is 15.4 Å². The number of aryl methyl sites for hydroxylation is 2. The first-order chi connectivity index (χ1) is 14.8. The van der Waals surface area contributed by atoms with Gasteiger partial charge in [-0.2, -0.15) is 0 Å². The number of aromatic nitrogens is 1. The zero-order valence-corrected chi connectivity index (χ0v) is 17.9. The molecule has 0 radical (unpaired) electrons. The van der Waals surface area contributed by atoms with Gasteiger partial charge in [0.1, 0.15) is 0 Å². The molecule has 0 bridgehead atoms. The quantitative estimate of drug-likeness (QED) is 0.618. The number of nitrogens with one attached hydrogen (secondary N) is 1. The van der Waals surface area contributed by atoms with E-state index in [1.807, 2.05) is 0 Å². The topological polar surface area (TPSA) is 58.4 Å². The summed E-state index contributed by atoms with van der Waals surface area (Å²) in [5.41, 5.74) is 4.17. The molecule has 1 atom stereocenters. The molecule has 6 heteroatoms. The molecule has 0 saturated carbocycles. The highest BCUT2D eigenvalue weighted by atomic mass is 32.1. The second kappa shape index (κ2) is 8.74. The zero-order chi connectivity index (χ0) is 20.3. The van der Waals surface area contributed by atoms with Gasteiger partial charge in [-0.15, -0.1) is 11.3 Å². The molecule has 1 aliphatic heterocycles. The maximum Gasteiger partial charge on any atom is 0.273 e. The summed E-state index contributed by atoms with van der Waals surface area (Å²) < 4.78 is 5.52. The Hall–Kier alpha value is -2.44. The predicted octanol–water partition coefficient (Wildman–Crippen LogP) is 4.85. The molecular weight excluding hydrogens is 394 g/mol. The van der Waals surface area contributed by atoms with Crippen molar-refractivity contribution in [1.29, 1.82) is 0 Å². The molecule has 1 aliphatic carbocycles. The van der Waals surface area contributed by atoms with Gasteiger partial charge in [0.25, 0.3) is 5.91 Å². The largest absolute Gasteiger partial charge is 0.355 e. The molecular formula is C24H27N3O2S. The Morgan fingerprint density at radius 2 is 1.93 bits per heavy atom. The van der Waals surface area contributed by atoms with Crippen LogP contribution in [0.1, 0.15) is 58.2 Å². The lowest BCUT2D eigenvalue weighted by Crippen LogP contribution is -2.36. The third kappa shape index (κ3) is 4.07. The van der Waals surface area contributed by atoms with E-state index in [9.17, 15) is 4.79 Å². The highest BCUT2D eigenvalue weighted by Crippen LogP contribution is 2.29. The summed E-state index contributed by atoms with van der Waals surface area (Å²) in [6.07, 6.45) is 7.23. The van der Waals surface area contributed by atoms with Gasteiger partial charge in [0, 0.05) is 23.1 Å². The van der Waals surface area contributed by atoms with Crippen LogP contribution >= 0.6 is 11.3 Å². The highest BCUT2D eigenvalue weighted by Gasteiger charge is 2.25. The standard InChI is InChI=1S/C24H27N3O2S/c28-24(25-16-21(23-8-5-13-30-23)27-11-3-4-12-27)20-15-22(29-26-20)19-10-9-17-6-1-2-7-18(17)14-19/h5,8-10,13-15,21H,1-4,6-7,11-12,16H2,(H,25,28)/t21-/m0/s1. The Balaban J connectivity index is 1.27. The van der Waals surface area contributed by atoms with Crippen LogP contribution in [0.15, 0.2) is 46.3 Å². The molecule has 1 amide bonds. The number of rotatable bonds is 6. The number of fused-ring (bicyclic) bond motifs is 1. The van der Waals surface area contributed by atoms with Gasteiger partial charge in [-0.3, -0.25) is 9.69 Å². The summed E-state index contributed by atoms with van der Waals surface area (Å²) in [4.78, 5) is 16.5. The lowest BCUT2D eigenvalue weighted by molar-refractivity contribution is 0.0929. The average Bonchev–Trinajstić information content (AvgIpc) is 3.56. The molecule has 2 aliphatic rings. The number of amides is 1. The highest BCUT2D eigenvalue weighted by molar-refractivity contribution is 7.10. The van der Waals surface area contributed by atoms with Gasteiger partial charge in [-0.25, -0.2) is 0 Å². The van der Waals surface area contributed by atoms with Crippen LogP contribution in [0, 0.1) is 0 Å². The van der Waals surface area contributed by atoms with Gasteiger partial charge in [0.05, 0.1) is 6.04 Å². The summed E-state index contributed by atoms with van der Waals surface area (Å²) in [6.45, 7) is 2.76. The normalized spacial score (nSPS) is 17.6. The molecule has 30 heavy (non-hydrogen) atoms. The monoisotopic (exact) mass is 421 g/mol. The number of carbonyl (C=O) groups excluding carboxylic acids is 1. The van der Waals surface area contributed by atoms with Gasteiger partial charge in [0.15, 0.2) is 11.5 Å². The van der Waals surface area contributed by atoms with E-state index in [0.29, 0.717) is 18.0 Å². The van der Waals surface area contributed by atoms with Gasteiger partial charge in [0.2, 0.25) is 0 Å². The van der Waals surface area contributed by atoms with Crippen molar-refractivity contribution in [2.75, 3.05) is 19.6 Å². The molecule has 156 valence electrons. The first-order valence-corrected chi connectivity index (χ1v) is 11.8. The SMILES string of the molecule is O=C(NC[C@@H](c1cccs1)N1CCCC1)c1cc(-c2ccc3c(c2)CCCC3)on1. The summed E-state index contributed by atoms with van der Waals surface area (Å²) in [5.74, 6) is 0.478. The number of hydrogen-bond donors (Lipinski definition) is 1. The third-order valence-electron chi connectivity index (χ3n) is 6.28. The lowest BCUT2D eigenvalue weighted by atomic mass is 9.90. The van der Waals surface area contributed by atoms with Crippen molar-refractivity contribution in [3.05, 3.63) is 63.5 Å². The van der Waals surface area contributed by atoms with Crippen molar-refractivity contribution in [2.24, 2.45) is 0 Å². The minimum atomic E-state index is -0.177. The molecule has 5 nitrogen and oxygen atoms in total. The van der Waals surface area contributed by atoms with Crippen LogP contribution < -0.4 is 5.32 Å². The molecule has 0 unspecified atom stereocenters. The van der Waals surface area contributed by atoms with Crippen LogP contribution in [-0.2, 0) is 12.8 Å². The number of thiophene rings is 1. The molecule has 5 rings (SSSR count). The van der Waals surface area contributed by atoms with Crippen LogP contribution in [0.25, 0.3) is 11.3 Å². The van der Waals surface area contributed by atoms with Gasteiger partial charge >= 0.3 is 0 Å². The Kier molecular flexibility index (Phi) is 5.69. The van der Waals surface area contributed by atoms with E-state index in [4.69, 9.17) is 4.52 Å². The fraction of sp³-hybridized carbons (Fsp3) is 0.417. The van der Waals surface area contributed by atoms with Crippen LogP contribution in [0.4, 0.5) is 0 Å². The number of benzene rings is 1. The van der Waals surface area contributed by atoms with Crippen molar-refractivity contribution in [2.45, 2.75) is 44.6 Å². The van der Waals surface area contributed by atoms with E-state index in [1.54, 1.807) is 17.4 Å². The summed E-state index contributed by atoms with van der Waals surface area (Å²) >= 11 is 1.75. The molecule has 1 saturated heterocycles. The third-order valence-corrected chi connectivity index (χ3v) is 7.26. The first-order valence-electron chi connectivity index (χ1n) is 10.9. The molecule has 2 aromatic heterocycles. The molecule has 1 aromatic carbocycles. The minimum Gasteiger partial charge on any atom is -0.355 e. The lowest BCUT2D eigenvalue weighted by Gasteiger charge is -2.26. The molecule has 1 N–H and O–H groups in total. The number of nitrogens with zero attached hydrogens (tertiary/aromatic N) is 2. The van der Waals surface area contributed by atoms with Crippen LogP contribution in [0.3, 0.4) is 0 Å². The number of carbonyl (C=O) groups is 1. The van der Waals surface area contributed by atoms with Crippen molar-refractivity contribution in [3.63, 3.8) is 0 Å². The van der Waals surface area contributed by atoms with E-state index < -0.39 is 0 Å². The number of hydrogen-bond acceptors (Lipinski definition) is 5. The van der Waals surface area contributed by atoms with Gasteiger partial charge < -0.3 is 9.84 Å². The summed E-state index contributed by atoms with van der Waals surface area (Å²) in [7, 11) is 0. The maximum atomic E-state index is 12.8. The van der Waals surface area contributed by atoms with Crippen molar-refractivity contribution < 1.29 is 9.32 Å². The van der Waals surface area contributed by atoms with Gasteiger partial charge in [-0.1, -0.05) is 23.4 Å². The fourth-order valence-corrected chi connectivity index (χ4v) is 5.49. The second-order valence-electron chi connectivity index (χ2n) is 8.25. The van der Waals surface area contributed by atoms with Crippen LogP contribution in [0.5, 0.6) is 0 Å². The summed E-state index contributed by atoms with van der Waals surface area (Å²) in [5, 5.41) is 9.23. The number of likely N-dealkylation sites (tertiary alicyclic amines) is 1. The Morgan fingerprint density at radius 3 is 2.73 bits per heavy atom. The van der Waals surface area contributed by atoms with Crippen molar-refractivity contribution >= 4 is 17.2 Å². The Morgan fingerprint density at radius 1 is 1.10 bits per heavy atom. The average molecular weight is 422 g/mol. The second-order valence-corrected chi connectivity index (χ2v) is 9.23. The fourth-order valence-electron chi connectivity index (χ4n) is 4.63. The predicted molar refractivity (Wildman–Crippen MR) is 119 cm³/mol.